The fourth-order valence-corrected chi connectivity index (χ4v) is 2.37. The first kappa shape index (κ1) is 13.3. The highest BCUT2D eigenvalue weighted by atomic mass is 32.2. The van der Waals surface area contributed by atoms with Gasteiger partial charge in [0, 0.05) is 17.7 Å². The summed E-state index contributed by atoms with van der Waals surface area (Å²) in [5.74, 6) is 0.866. The number of aromatic nitrogens is 2. The van der Waals surface area contributed by atoms with Crippen LogP contribution in [0.5, 0.6) is 0 Å². The number of ether oxygens (including phenoxy) is 1. The number of nitrogens with two attached hydrogens (primary N) is 1. The number of thioether (sulfide) groups is 1. The van der Waals surface area contributed by atoms with E-state index in [4.69, 9.17) is 10.5 Å². The molecule has 0 spiro atoms. The summed E-state index contributed by atoms with van der Waals surface area (Å²) in [6.45, 7) is 3.22. The minimum Gasteiger partial charge on any atom is -0.376 e. The Bertz CT molecular complexity index is 501. The van der Waals surface area contributed by atoms with Crippen molar-refractivity contribution >= 4 is 22.7 Å². The Morgan fingerprint density at radius 3 is 3.00 bits per heavy atom. The SMILES string of the molecule is CC(CN)OCCSc1ncnc2ccccc12. The average Bonchev–Trinajstić information content (AvgIpc) is 2.43. The summed E-state index contributed by atoms with van der Waals surface area (Å²) in [4.78, 5) is 8.55. The zero-order valence-corrected chi connectivity index (χ0v) is 11.2. The fourth-order valence-electron chi connectivity index (χ4n) is 1.55. The van der Waals surface area contributed by atoms with Crippen LogP contribution in [-0.2, 0) is 4.74 Å². The summed E-state index contributed by atoms with van der Waals surface area (Å²) in [5.41, 5.74) is 6.47. The molecule has 18 heavy (non-hydrogen) atoms. The van der Waals surface area contributed by atoms with Crippen molar-refractivity contribution in [3.63, 3.8) is 0 Å². The third-order valence-electron chi connectivity index (χ3n) is 2.56. The first-order chi connectivity index (χ1) is 8.81. The zero-order chi connectivity index (χ0) is 12.8. The quantitative estimate of drug-likeness (QED) is 0.491. The van der Waals surface area contributed by atoms with E-state index in [0.29, 0.717) is 13.2 Å². The number of hydrogen-bond acceptors (Lipinski definition) is 5. The van der Waals surface area contributed by atoms with Crippen molar-refractivity contribution in [2.75, 3.05) is 18.9 Å². The molecule has 0 aliphatic carbocycles. The number of benzene rings is 1. The van der Waals surface area contributed by atoms with Gasteiger partial charge in [0.1, 0.15) is 11.4 Å². The van der Waals surface area contributed by atoms with Gasteiger partial charge in [0.25, 0.3) is 0 Å². The van der Waals surface area contributed by atoms with E-state index in [-0.39, 0.29) is 6.10 Å². The molecular weight excluding hydrogens is 246 g/mol. The van der Waals surface area contributed by atoms with Crippen LogP contribution in [0.25, 0.3) is 10.9 Å². The molecule has 0 aliphatic heterocycles. The zero-order valence-electron chi connectivity index (χ0n) is 10.4. The molecule has 1 unspecified atom stereocenters. The van der Waals surface area contributed by atoms with E-state index in [0.717, 1.165) is 21.7 Å². The molecule has 1 atom stereocenters. The van der Waals surface area contributed by atoms with Crippen molar-refractivity contribution in [1.29, 1.82) is 0 Å². The Hall–Kier alpha value is -1.17. The fraction of sp³-hybridized carbons (Fsp3) is 0.385. The second-order valence-electron chi connectivity index (χ2n) is 3.96. The predicted octanol–water partition coefficient (Wildman–Crippen LogP) is 2.09. The molecule has 4 nitrogen and oxygen atoms in total. The van der Waals surface area contributed by atoms with Gasteiger partial charge in [-0.25, -0.2) is 9.97 Å². The molecule has 2 N–H and O–H groups in total. The van der Waals surface area contributed by atoms with Gasteiger partial charge in [-0.2, -0.15) is 0 Å². The van der Waals surface area contributed by atoms with Crippen molar-refractivity contribution in [2.45, 2.75) is 18.1 Å². The Labute approximate surface area is 111 Å². The molecule has 1 aromatic carbocycles. The van der Waals surface area contributed by atoms with Gasteiger partial charge in [-0.05, 0) is 13.0 Å². The van der Waals surface area contributed by atoms with Crippen molar-refractivity contribution in [3.05, 3.63) is 30.6 Å². The van der Waals surface area contributed by atoms with Gasteiger partial charge in [0.15, 0.2) is 0 Å². The van der Waals surface area contributed by atoms with E-state index in [2.05, 4.69) is 9.97 Å². The molecule has 96 valence electrons. The summed E-state index contributed by atoms with van der Waals surface area (Å²) >= 11 is 1.69. The number of fused-ring (bicyclic) bond motifs is 1. The Balaban J connectivity index is 1.95. The van der Waals surface area contributed by atoms with Crippen LogP contribution >= 0.6 is 11.8 Å². The first-order valence-electron chi connectivity index (χ1n) is 5.95. The van der Waals surface area contributed by atoms with E-state index in [1.165, 1.54) is 0 Å². The summed E-state index contributed by atoms with van der Waals surface area (Å²) in [6.07, 6.45) is 1.72. The third-order valence-corrected chi connectivity index (χ3v) is 3.53. The van der Waals surface area contributed by atoms with Gasteiger partial charge >= 0.3 is 0 Å². The van der Waals surface area contributed by atoms with E-state index >= 15 is 0 Å². The van der Waals surface area contributed by atoms with Crippen LogP contribution < -0.4 is 5.73 Å². The molecule has 0 saturated heterocycles. The summed E-state index contributed by atoms with van der Waals surface area (Å²) in [7, 11) is 0. The monoisotopic (exact) mass is 263 g/mol. The molecule has 0 radical (unpaired) electrons. The third kappa shape index (κ3) is 3.41. The predicted molar refractivity (Wildman–Crippen MR) is 74.7 cm³/mol. The molecule has 2 aromatic rings. The number of hydrogen-bond donors (Lipinski definition) is 1. The van der Waals surface area contributed by atoms with Gasteiger partial charge in [0.2, 0.25) is 0 Å². The molecule has 5 heteroatoms. The lowest BCUT2D eigenvalue weighted by atomic mass is 10.2. The van der Waals surface area contributed by atoms with E-state index < -0.39 is 0 Å². The van der Waals surface area contributed by atoms with Crippen LogP contribution in [0.15, 0.2) is 35.6 Å². The van der Waals surface area contributed by atoms with Crippen LogP contribution in [0.2, 0.25) is 0 Å². The Kier molecular flexibility index (Phi) is 4.92. The lowest BCUT2D eigenvalue weighted by Gasteiger charge is -2.10. The number of nitrogens with zero attached hydrogens (tertiary/aromatic N) is 2. The standard InChI is InChI=1S/C13H17N3OS/c1-10(8-14)17-6-7-18-13-11-4-2-3-5-12(11)15-9-16-13/h2-5,9-10H,6-8,14H2,1H3. The van der Waals surface area contributed by atoms with Crippen LogP contribution in [-0.4, -0.2) is 35.0 Å². The Morgan fingerprint density at radius 2 is 2.17 bits per heavy atom. The van der Waals surface area contributed by atoms with Crippen molar-refractivity contribution in [3.8, 4) is 0 Å². The molecule has 2 rings (SSSR count). The van der Waals surface area contributed by atoms with Gasteiger partial charge in [-0.1, -0.05) is 18.2 Å². The van der Waals surface area contributed by atoms with Crippen molar-refractivity contribution < 1.29 is 4.74 Å². The maximum atomic E-state index is 5.54. The molecule has 1 heterocycles. The summed E-state index contributed by atoms with van der Waals surface area (Å²) in [6, 6.07) is 8.02. The molecule has 0 amide bonds. The van der Waals surface area contributed by atoms with Gasteiger partial charge in [-0.3, -0.25) is 0 Å². The second kappa shape index (κ2) is 6.68. The summed E-state index contributed by atoms with van der Waals surface area (Å²) < 4.78 is 5.54. The second-order valence-corrected chi connectivity index (χ2v) is 5.05. The minimum atomic E-state index is 0.118. The van der Waals surface area contributed by atoms with Crippen LogP contribution in [0.4, 0.5) is 0 Å². The highest BCUT2D eigenvalue weighted by Gasteiger charge is 2.04. The average molecular weight is 263 g/mol. The molecule has 0 fully saturated rings. The smallest absolute Gasteiger partial charge is 0.117 e. The van der Waals surface area contributed by atoms with Crippen LogP contribution in [0.3, 0.4) is 0 Å². The largest absolute Gasteiger partial charge is 0.376 e. The topological polar surface area (TPSA) is 61.0 Å². The molecule has 0 saturated carbocycles. The van der Waals surface area contributed by atoms with E-state index in [9.17, 15) is 0 Å². The molecular formula is C13H17N3OS. The Morgan fingerprint density at radius 1 is 1.33 bits per heavy atom. The maximum Gasteiger partial charge on any atom is 0.117 e. The highest BCUT2D eigenvalue weighted by Crippen LogP contribution is 2.23. The van der Waals surface area contributed by atoms with Crippen LogP contribution in [0, 0.1) is 0 Å². The highest BCUT2D eigenvalue weighted by molar-refractivity contribution is 7.99. The lowest BCUT2D eigenvalue weighted by molar-refractivity contribution is 0.0846. The van der Waals surface area contributed by atoms with E-state index in [1.807, 2.05) is 31.2 Å². The minimum absolute atomic E-state index is 0.118. The molecule has 1 aromatic heterocycles. The van der Waals surface area contributed by atoms with Gasteiger partial charge in [0.05, 0.1) is 18.2 Å². The maximum absolute atomic E-state index is 5.54. The van der Waals surface area contributed by atoms with E-state index in [1.54, 1.807) is 18.1 Å². The molecule has 0 aliphatic rings. The van der Waals surface area contributed by atoms with Crippen molar-refractivity contribution in [2.24, 2.45) is 5.73 Å². The van der Waals surface area contributed by atoms with Crippen molar-refractivity contribution in [1.82, 2.24) is 9.97 Å². The van der Waals surface area contributed by atoms with Gasteiger partial charge in [-0.15, -0.1) is 11.8 Å². The molecule has 0 bridgehead atoms. The first-order valence-corrected chi connectivity index (χ1v) is 6.94. The van der Waals surface area contributed by atoms with Gasteiger partial charge < -0.3 is 10.5 Å². The van der Waals surface area contributed by atoms with Crippen LogP contribution in [0.1, 0.15) is 6.92 Å². The number of para-hydroxylation sites is 1. The number of rotatable bonds is 6. The normalized spacial score (nSPS) is 12.8. The summed E-state index contributed by atoms with van der Waals surface area (Å²) in [5, 5.41) is 2.10. The lowest BCUT2D eigenvalue weighted by Crippen LogP contribution is -2.21.